The van der Waals surface area contributed by atoms with Crippen molar-refractivity contribution in [3.8, 4) is 11.4 Å². The van der Waals surface area contributed by atoms with Gasteiger partial charge in [0.25, 0.3) is 0 Å². The van der Waals surface area contributed by atoms with E-state index in [1.807, 2.05) is 18.4 Å². The van der Waals surface area contributed by atoms with Crippen LogP contribution in [0.5, 0.6) is 0 Å². The predicted molar refractivity (Wildman–Crippen MR) is 116 cm³/mol. The van der Waals surface area contributed by atoms with Gasteiger partial charge >= 0.3 is 0 Å². The molecule has 3 aromatic rings. The van der Waals surface area contributed by atoms with Crippen molar-refractivity contribution in [2.75, 3.05) is 18.9 Å². The Labute approximate surface area is 181 Å². The summed E-state index contributed by atoms with van der Waals surface area (Å²) in [6.07, 6.45) is 7.73. The van der Waals surface area contributed by atoms with Gasteiger partial charge in [-0.2, -0.15) is 0 Å². The van der Waals surface area contributed by atoms with Crippen LogP contribution in [0.3, 0.4) is 0 Å². The first-order chi connectivity index (χ1) is 15.6. The SMILES string of the molecule is [2H]CN(C(=O)[C@@H]1C[C@@H](Nc2ncnc3c2nc(-c2cnc(C)nc2)n3CC)CN1)C1CC1. The van der Waals surface area contributed by atoms with Gasteiger partial charge in [-0.05, 0) is 33.1 Å². The molecular weight excluding hydrogens is 394 g/mol. The smallest absolute Gasteiger partial charge is 0.239 e. The third kappa shape index (κ3) is 3.71. The number of carbonyl (C=O) groups excluding carboxylic acids is 1. The maximum Gasteiger partial charge on any atom is 0.239 e. The van der Waals surface area contributed by atoms with Gasteiger partial charge in [-0.1, -0.05) is 0 Å². The van der Waals surface area contributed by atoms with E-state index in [0.717, 1.165) is 29.9 Å². The molecule has 1 saturated carbocycles. The van der Waals surface area contributed by atoms with Crippen molar-refractivity contribution in [3.05, 3.63) is 24.5 Å². The second-order valence-corrected chi connectivity index (χ2v) is 8.17. The third-order valence-corrected chi connectivity index (χ3v) is 5.93. The Morgan fingerprint density at radius 1 is 1.32 bits per heavy atom. The van der Waals surface area contributed by atoms with E-state index in [9.17, 15) is 4.79 Å². The molecule has 2 N–H and O–H groups in total. The highest BCUT2D eigenvalue weighted by atomic mass is 16.2. The van der Waals surface area contributed by atoms with Crippen LogP contribution in [0.1, 0.15) is 33.4 Å². The van der Waals surface area contributed by atoms with Gasteiger partial charge in [-0.15, -0.1) is 0 Å². The Kier molecular flexibility index (Phi) is 4.71. The molecule has 1 amide bonds. The van der Waals surface area contributed by atoms with Gasteiger partial charge in [-0.25, -0.2) is 24.9 Å². The van der Waals surface area contributed by atoms with E-state index in [4.69, 9.17) is 6.35 Å². The van der Waals surface area contributed by atoms with Crippen molar-refractivity contribution < 1.29 is 6.17 Å². The number of aromatic nitrogens is 6. The number of nitrogens with zero attached hydrogens (tertiary/aromatic N) is 7. The molecule has 4 heterocycles. The lowest BCUT2D eigenvalue weighted by Crippen LogP contribution is -2.42. The number of anilines is 1. The van der Waals surface area contributed by atoms with E-state index < -0.39 is 0 Å². The average molecular weight is 423 g/mol. The maximum atomic E-state index is 12.8. The lowest BCUT2D eigenvalue weighted by atomic mass is 10.1. The maximum absolute atomic E-state index is 12.8. The molecule has 3 aromatic heterocycles. The Morgan fingerprint density at radius 2 is 2.13 bits per heavy atom. The van der Waals surface area contributed by atoms with Gasteiger partial charge in [0, 0.05) is 46.0 Å². The van der Waals surface area contributed by atoms with Crippen LogP contribution < -0.4 is 10.6 Å². The second kappa shape index (κ2) is 7.84. The molecule has 2 fully saturated rings. The lowest BCUT2D eigenvalue weighted by molar-refractivity contribution is -0.132. The Balaban J connectivity index is 1.38. The van der Waals surface area contributed by atoms with Crippen LogP contribution >= 0.6 is 0 Å². The Bertz CT molecular complexity index is 1130. The molecule has 5 rings (SSSR count). The van der Waals surface area contributed by atoms with Gasteiger partial charge in [0.15, 0.2) is 17.0 Å². The van der Waals surface area contributed by atoms with Gasteiger partial charge in [0.05, 0.1) is 11.6 Å². The van der Waals surface area contributed by atoms with Crippen molar-refractivity contribution in [3.63, 3.8) is 0 Å². The molecule has 10 nitrogen and oxygen atoms in total. The van der Waals surface area contributed by atoms with Crippen LogP contribution in [0.4, 0.5) is 5.82 Å². The molecule has 31 heavy (non-hydrogen) atoms. The fourth-order valence-electron chi connectivity index (χ4n) is 4.06. The minimum Gasteiger partial charge on any atom is -0.364 e. The molecule has 0 spiro atoms. The molecule has 10 heteroatoms. The number of aryl methyl sites for hydroxylation is 2. The Hall–Kier alpha value is -3.14. The van der Waals surface area contributed by atoms with E-state index in [0.29, 0.717) is 36.7 Å². The number of hydrogen-bond acceptors (Lipinski definition) is 8. The highest BCUT2D eigenvalue weighted by molar-refractivity contribution is 5.87. The molecule has 1 aliphatic heterocycles. The van der Waals surface area contributed by atoms with Gasteiger partial charge in [-0.3, -0.25) is 4.79 Å². The number of likely N-dealkylation sites (N-methyl/N-ethyl adjacent to an activating group) is 1. The quantitative estimate of drug-likeness (QED) is 0.612. The number of carbonyl (C=O) groups is 1. The summed E-state index contributed by atoms with van der Waals surface area (Å²) >= 11 is 0. The minimum absolute atomic E-state index is 0.0201. The second-order valence-electron chi connectivity index (χ2n) is 8.17. The van der Waals surface area contributed by atoms with Crippen molar-refractivity contribution in [2.24, 2.45) is 0 Å². The largest absolute Gasteiger partial charge is 0.364 e. The van der Waals surface area contributed by atoms with Gasteiger partial charge < -0.3 is 20.1 Å². The first-order valence-corrected chi connectivity index (χ1v) is 10.7. The fraction of sp³-hybridized carbons (Fsp3) is 0.524. The van der Waals surface area contributed by atoms with Crippen molar-refractivity contribution in [1.29, 1.82) is 0 Å². The van der Waals surface area contributed by atoms with E-state index in [1.54, 1.807) is 17.3 Å². The molecule has 2 atom stereocenters. The first-order valence-electron chi connectivity index (χ1n) is 11.4. The molecular formula is C21H27N9O. The molecule has 1 saturated heterocycles. The summed E-state index contributed by atoms with van der Waals surface area (Å²) in [6, 6.07) is 0.00787. The van der Waals surface area contributed by atoms with Crippen LogP contribution in [-0.2, 0) is 11.3 Å². The molecule has 2 aliphatic rings. The van der Waals surface area contributed by atoms with Crippen LogP contribution in [0, 0.1) is 6.92 Å². The van der Waals surface area contributed by atoms with Crippen LogP contribution in [0.2, 0.25) is 0 Å². The van der Waals surface area contributed by atoms with Crippen LogP contribution in [-0.4, -0.2) is 72.0 Å². The molecule has 162 valence electrons. The number of nitrogens with one attached hydrogen (secondary N) is 2. The highest BCUT2D eigenvalue weighted by Crippen LogP contribution is 2.29. The summed E-state index contributed by atoms with van der Waals surface area (Å²) in [7, 11) is 0.0201. The summed E-state index contributed by atoms with van der Waals surface area (Å²) in [4.78, 5) is 36.8. The summed E-state index contributed by atoms with van der Waals surface area (Å²) in [6.45, 7) is 5.24. The Morgan fingerprint density at radius 3 is 2.84 bits per heavy atom. The number of fused-ring (bicyclic) bond motifs is 1. The molecule has 0 radical (unpaired) electrons. The topological polar surface area (TPSA) is 114 Å². The summed E-state index contributed by atoms with van der Waals surface area (Å²) in [5, 5.41) is 6.77. The van der Waals surface area contributed by atoms with Crippen LogP contribution in [0.15, 0.2) is 18.7 Å². The zero-order chi connectivity index (χ0) is 22.2. The van der Waals surface area contributed by atoms with Crippen molar-refractivity contribution in [1.82, 2.24) is 39.7 Å². The number of imidazole rings is 1. The summed E-state index contributed by atoms with van der Waals surface area (Å²) in [5.41, 5.74) is 2.25. The summed E-state index contributed by atoms with van der Waals surface area (Å²) < 4.78 is 9.72. The number of rotatable bonds is 6. The predicted octanol–water partition coefficient (Wildman–Crippen LogP) is 1.37. The number of amides is 1. The molecule has 0 aromatic carbocycles. The van der Waals surface area contributed by atoms with Gasteiger partial charge in [0.1, 0.15) is 18.0 Å². The molecule has 0 bridgehead atoms. The minimum atomic E-state index is -0.274. The summed E-state index contributed by atoms with van der Waals surface area (Å²) in [5.74, 6) is 2.13. The average Bonchev–Trinajstić information content (AvgIpc) is 3.39. The zero-order valence-corrected chi connectivity index (χ0v) is 17.7. The van der Waals surface area contributed by atoms with Gasteiger partial charge in [0.2, 0.25) is 5.91 Å². The normalized spacial score (nSPS) is 21.3. The standard InChI is InChI=1S/C21H27N9O/c1-4-30-19(13-8-22-12(2)23-9-13)28-17-18(25-11-26-20(17)30)27-14-7-16(24-10-14)21(31)29(3)15-5-6-15/h8-9,11,14-16,24H,4-7,10H2,1-3H3,(H,25,26,27)/t14-,16+/m1/s1/i3D. The van der Waals surface area contributed by atoms with E-state index >= 15 is 0 Å². The lowest BCUT2D eigenvalue weighted by Gasteiger charge is -2.20. The monoisotopic (exact) mass is 422 g/mol. The third-order valence-electron chi connectivity index (χ3n) is 5.93. The number of hydrogen-bond donors (Lipinski definition) is 2. The molecule has 1 aliphatic carbocycles. The van der Waals surface area contributed by atoms with E-state index in [2.05, 4.69) is 30.6 Å². The van der Waals surface area contributed by atoms with E-state index in [1.165, 1.54) is 6.33 Å². The van der Waals surface area contributed by atoms with Crippen LogP contribution in [0.25, 0.3) is 22.6 Å². The van der Waals surface area contributed by atoms with Crippen molar-refractivity contribution >= 4 is 22.9 Å². The van der Waals surface area contributed by atoms with Crippen molar-refractivity contribution in [2.45, 2.75) is 57.8 Å². The fourth-order valence-corrected chi connectivity index (χ4v) is 4.06. The molecule has 0 unspecified atom stereocenters. The highest BCUT2D eigenvalue weighted by Gasteiger charge is 2.37. The zero-order valence-electron chi connectivity index (χ0n) is 18.7. The first kappa shape index (κ1) is 18.6. The van der Waals surface area contributed by atoms with E-state index in [-0.39, 0.29) is 31.1 Å².